The molecule has 1 atom stereocenters. The summed E-state index contributed by atoms with van der Waals surface area (Å²) in [6.07, 6.45) is 5.21. The minimum Gasteiger partial charge on any atom is -0.308 e. The SMILES string of the molecule is CNC(c1cc(C)c(Cl)s1)c1cc2c(s1)CCCC2. The summed E-state index contributed by atoms with van der Waals surface area (Å²) in [6, 6.07) is 4.92. The fourth-order valence-corrected chi connectivity index (χ4v) is 5.51. The molecule has 0 fully saturated rings. The lowest BCUT2D eigenvalue weighted by atomic mass is 9.98. The van der Waals surface area contributed by atoms with Gasteiger partial charge in [0.25, 0.3) is 0 Å². The summed E-state index contributed by atoms with van der Waals surface area (Å²) in [5, 5.41) is 3.45. The number of aryl methyl sites for hydroxylation is 3. The van der Waals surface area contributed by atoms with Gasteiger partial charge in [-0.25, -0.2) is 0 Å². The number of hydrogen-bond acceptors (Lipinski definition) is 3. The number of thiophene rings is 2. The Bertz CT molecular complexity index is 542. The van der Waals surface area contributed by atoms with Gasteiger partial charge in [0, 0.05) is 14.6 Å². The third-order valence-corrected chi connectivity index (χ3v) is 6.67. The molecule has 0 radical (unpaired) electrons. The van der Waals surface area contributed by atoms with Gasteiger partial charge in [-0.15, -0.1) is 22.7 Å². The van der Waals surface area contributed by atoms with Crippen LogP contribution in [0.2, 0.25) is 4.34 Å². The van der Waals surface area contributed by atoms with Crippen LogP contribution in [0.1, 0.15) is 44.6 Å². The molecule has 0 saturated heterocycles. The van der Waals surface area contributed by atoms with Gasteiger partial charge in [-0.3, -0.25) is 0 Å². The summed E-state index contributed by atoms with van der Waals surface area (Å²) in [5.74, 6) is 0. The van der Waals surface area contributed by atoms with E-state index in [1.54, 1.807) is 21.8 Å². The molecule has 1 N–H and O–H groups in total. The molecule has 2 aromatic rings. The number of nitrogens with one attached hydrogen (secondary N) is 1. The summed E-state index contributed by atoms with van der Waals surface area (Å²) in [6.45, 7) is 2.08. The topological polar surface area (TPSA) is 12.0 Å². The van der Waals surface area contributed by atoms with E-state index >= 15 is 0 Å². The molecule has 1 nitrogen and oxygen atoms in total. The van der Waals surface area contributed by atoms with Crippen molar-refractivity contribution in [3.05, 3.63) is 42.2 Å². The summed E-state index contributed by atoms with van der Waals surface area (Å²) < 4.78 is 0.913. The van der Waals surface area contributed by atoms with Gasteiger partial charge in [0.05, 0.1) is 10.4 Å². The van der Waals surface area contributed by atoms with Crippen molar-refractivity contribution in [3.8, 4) is 0 Å². The maximum absolute atomic E-state index is 6.21. The lowest BCUT2D eigenvalue weighted by Crippen LogP contribution is -2.15. The molecule has 1 unspecified atom stereocenters. The first-order valence-electron chi connectivity index (χ1n) is 6.73. The van der Waals surface area contributed by atoms with Crippen molar-refractivity contribution in [3.63, 3.8) is 0 Å². The van der Waals surface area contributed by atoms with E-state index < -0.39 is 0 Å². The number of hydrogen-bond donors (Lipinski definition) is 1. The van der Waals surface area contributed by atoms with Crippen molar-refractivity contribution < 1.29 is 0 Å². The van der Waals surface area contributed by atoms with E-state index in [4.69, 9.17) is 11.6 Å². The van der Waals surface area contributed by atoms with E-state index in [1.165, 1.54) is 41.0 Å². The Balaban J connectivity index is 1.95. The second-order valence-corrected chi connectivity index (χ2v) is 7.99. The number of halogens is 1. The molecule has 1 aliphatic rings. The highest BCUT2D eigenvalue weighted by Crippen LogP contribution is 2.39. The number of rotatable bonds is 3. The van der Waals surface area contributed by atoms with Gasteiger partial charge < -0.3 is 5.32 Å². The van der Waals surface area contributed by atoms with Crippen molar-refractivity contribution in [2.24, 2.45) is 0 Å². The van der Waals surface area contributed by atoms with E-state index in [0.717, 1.165) is 4.34 Å². The summed E-state index contributed by atoms with van der Waals surface area (Å²) >= 11 is 9.89. The maximum Gasteiger partial charge on any atom is 0.0961 e. The van der Waals surface area contributed by atoms with Crippen LogP contribution in [0.3, 0.4) is 0 Å². The molecule has 2 heterocycles. The highest BCUT2D eigenvalue weighted by molar-refractivity contribution is 7.17. The third-order valence-electron chi connectivity index (χ3n) is 3.75. The second kappa shape index (κ2) is 5.57. The smallest absolute Gasteiger partial charge is 0.0961 e. The molecule has 1 aliphatic carbocycles. The van der Waals surface area contributed by atoms with Crippen molar-refractivity contribution in [2.75, 3.05) is 7.05 Å². The summed E-state index contributed by atoms with van der Waals surface area (Å²) in [5.41, 5.74) is 2.76. The lowest BCUT2D eigenvalue weighted by Gasteiger charge is -2.12. The zero-order chi connectivity index (χ0) is 13.4. The van der Waals surface area contributed by atoms with Crippen molar-refractivity contribution in [1.82, 2.24) is 5.32 Å². The fraction of sp³-hybridized carbons (Fsp3) is 0.467. The minimum atomic E-state index is 0.298. The van der Waals surface area contributed by atoms with E-state index in [0.29, 0.717) is 6.04 Å². The van der Waals surface area contributed by atoms with Crippen LogP contribution in [0.4, 0.5) is 0 Å². The zero-order valence-corrected chi connectivity index (χ0v) is 13.6. The number of fused-ring (bicyclic) bond motifs is 1. The first kappa shape index (κ1) is 13.6. The predicted molar refractivity (Wildman–Crippen MR) is 85.9 cm³/mol. The van der Waals surface area contributed by atoms with Crippen molar-refractivity contribution in [1.29, 1.82) is 0 Å². The first-order valence-corrected chi connectivity index (χ1v) is 8.74. The Morgan fingerprint density at radius 1 is 1.16 bits per heavy atom. The van der Waals surface area contributed by atoms with Gasteiger partial charge in [0.2, 0.25) is 0 Å². The molecule has 0 spiro atoms. The summed E-state index contributed by atoms with van der Waals surface area (Å²) in [4.78, 5) is 4.36. The van der Waals surface area contributed by atoms with Crippen LogP contribution in [-0.4, -0.2) is 7.05 Å². The van der Waals surface area contributed by atoms with E-state index in [-0.39, 0.29) is 0 Å². The maximum atomic E-state index is 6.21. The quantitative estimate of drug-likeness (QED) is 0.845. The third kappa shape index (κ3) is 2.62. The highest BCUT2D eigenvalue weighted by atomic mass is 35.5. The van der Waals surface area contributed by atoms with Crippen LogP contribution in [0.15, 0.2) is 12.1 Å². The monoisotopic (exact) mass is 311 g/mol. The van der Waals surface area contributed by atoms with Gasteiger partial charge in [-0.2, -0.15) is 0 Å². The van der Waals surface area contributed by atoms with E-state index in [2.05, 4.69) is 24.4 Å². The van der Waals surface area contributed by atoms with Gasteiger partial charge in [0.1, 0.15) is 0 Å². The molecule has 0 amide bonds. The van der Waals surface area contributed by atoms with Crippen LogP contribution in [-0.2, 0) is 12.8 Å². The molecule has 0 aliphatic heterocycles. The Morgan fingerprint density at radius 2 is 1.89 bits per heavy atom. The van der Waals surface area contributed by atoms with Crippen molar-refractivity contribution >= 4 is 34.3 Å². The highest BCUT2D eigenvalue weighted by Gasteiger charge is 2.21. The Hall–Kier alpha value is -0.350. The second-order valence-electron chi connectivity index (χ2n) is 5.13. The van der Waals surface area contributed by atoms with Gasteiger partial charge in [-0.1, -0.05) is 11.6 Å². The molecule has 3 rings (SSSR count). The standard InChI is InChI=1S/C15H18ClNS2/c1-9-7-12(19-15(9)16)14(17-2)13-8-10-5-3-4-6-11(10)18-13/h7-8,14,17H,3-6H2,1-2H3. The van der Waals surface area contributed by atoms with Crippen LogP contribution in [0, 0.1) is 6.92 Å². The van der Waals surface area contributed by atoms with Gasteiger partial charge >= 0.3 is 0 Å². The van der Waals surface area contributed by atoms with E-state index in [9.17, 15) is 0 Å². The fourth-order valence-electron chi connectivity index (χ4n) is 2.71. The van der Waals surface area contributed by atoms with Crippen LogP contribution in [0.5, 0.6) is 0 Å². The average molecular weight is 312 g/mol. The largest absolute Gasteiger partial charge is 0.308 e. The molecular formula is C15H18ClNS2. The van der Waals surface area contributed by atoms with Crippen LogP contribution >= 0.6 is 34.3 Å². The first-order chi connectivity index (χ1) is 9.19. The molecule has 0 saturated carbocycles. The molecule has 4 heteroatoms. The van der Waals surface area contributed by atoms with Gasteiger partial charge in [-0.05, 0) is 62.9 Å². The molecule has 2 aromatic heterocycles. The van der Waals surface area contributed by atoms with Crippen molar-refractivity contribution in [2.45, 2.75) is 38.6 Å². The average Bonchev–Trinajstić information content (AvgIpc) is 2.95. The summed E-state index contributed by atoms with van der Waals surface area (Å²) in [7, 11) is 2.03. The Labute approximate surface area is 127 Å². The van der Waals surface area contributed by atoms with Gasteiger partial charge in [0.15, 0.2) is 0 Å². The molecule has 0 aromatic carbocycles. The zero-order valence-electron chi connectivity index (χ0n) is 11.3. The van der Waals surface area contributed by atoms with Crippen LogP contribution < -0.4 is 5.32 Å². The lowest BCUT2D eigenvalue weighted by molar-refractivity contribution is 0.694. The molecule has 19 heavy (non-hydrogen) atoms. The molecule has 0 bridgehead atoms. The van der Waals surface area contributed by atoms with Crippen LogP contribution in [0.25, 0.3) is 0 Å². The minimum absolute atomic E-state index is 0.298. The normalized spacial score (nSPS) is 16.4. The molecule has 102 valence electrons. The Kier molecular flexibility index (Phi) is 3.99. The Morgan fingerprint density at radius 3 is 2.53 bits per heavy atom. The van der Waals surface area contributed by atoms with E-state index in [1.807, 2.05) is 18.4 Å². The molecular weight excluding hydrogens is 294 g/mol. The predicted octanol–water partition coefficient (Wildman–Crippen LogP) is 4.96.